The first-order chi connectivity index (χ1) is 14.7. The van der Waals surface area contributed by atoms with Crippen molar-refractivity contribution in [2.45, 2.75) is 18.2 Å². The zero-order valence-electron chi connectivity index (χ0n) is 16.1. The molecule has 1 aromatic heterocycles. The molecular weight excluding hydrogens is 402 g/mol. The highest BCUT2D eigenvalue weighted by molar-refractivity contribution is 7.99. The van der Waals surface area contributed by atoms with Gasteiger partial charge in [-0.05, 0) is 23.6 Å². The SMILES string of the molecule is C=CCc1cccc(/C=N/Nc2nc(SCC(=O)OCc3ccccc3)n[nH]2)c1O. The number of aromatic nitrogens is 3. The summed E-state index contributed by atoms with van der Waals surface area (Å²) in [6.07, 6.45) is 3.77. The number of H-pyrrole nitrogens is 1. The van der Waals surface area contributed by atoms with Gasteiger partial charge in [-0.3, -0.25) is 4.79 Å². The topological polar surface area (TPSA) is 112 Å². The third-order valence-electron chi connectivity index (χ3n) is 3.92. The van der Waals surface area contributed by atoms with Crippen LogP contribution < -0.4 is 5.43 Å². The second-order valence-corrected chi connectivity index (χ2v) is 7.06. The van der Waals surface area contributed by atoms with Crippen LogP contribution >= 0.6 is 11.8 Å². The van der Waals surface area contributed by atoms with Gasteiger partial charge < -0.3 is 9.84 Å². The van der Waals surface area contributed by atoms with Crippen molar-refractivity contribution in [2.75, 3.05) is 11.2 Å². The van der Waals surface area contributed by atoms with E-state index in [-0.39, 0.29) is 24.1 Å². The molecule has 1 heterocycles. The molecule has 2 aromatic carbocycles. The molecule has 0 aliphatic heterocycles. The Kier molecular flexibility index (Phi) is 7.62. The molecule has 9 heteroatoms. The van der Waals surface area contributed by atoms with E-state index in [4.69, 9.17) is 4.74 Å². The van der Waals surface area contributed by atoms with Gasteiger partial charge >= 0.3 is 5.97 Å². The lowest BCUT2D eigenvalue weighted by Crippen LogP contribution is -2.07. The number of aromatic amines is 1. The molecule has 0 radical (unpaired) electrons. The quantitative estimate of drug-likeness (QED) is 0.150. The van der Waals surface area contributed by atoms with Gasteiger partial charge in [-0.25, -0.2) is 10.5 Å². The summed E-state index contributed by atoms with van der Waals surface area (Å²) in [5.74, 6) is 0.215. The van der Waals surface area contributed by atoms with Gasteiger partial charge in [0.25, 0.3) is 0 Å². The smallest absolute Gasteiger partial charge is 0.316 e. The molecule has 3 rings (SSSR count). The molecular formula is C21H21N5O3S. The normalized spacial score (nSPS) is 10.8. The maximum Gasteiger partial charge on any atom is 0.316 e. The van der Waals surface area contributed by atoms with Gasteiger partial charge in [0.1, 0.15) is 12.4 Å². The molecule has 3 aromatic rings. The van der Waals surface area contributed by atoms with Crippen molar-refractivity contribution in [1.82, 2.24) is 15.2 Å². The Morgan fingerprint density at radius 3 is 2.90 bits per heavy atom. The first-order valence-corrected chi connectivity index (χ1v) is 10.1. The van der Waals surface area contributed by atoms with Crippen LogP contribution in [0.5, 0.6) is 5.75 Å². The predicted molar refractivity (Wildman–Crippen MR) is 117 cm³/mol. The molecule has 3 N–H and O–H groups in total. The van der Waals surface area contributed by atoms with Gasteiger partial charge in [-0.2, -0.15) is 10.1 Å². The van der Waals surface area contributed by atoms with E-state index < -0.39 is 0 Å². The number of benzene rings is 2. The van der Waals surface area contributed by atoms with Crippen molar-refractivity contribution in [1.29, 1.82) is 0 Å². The van der Waals surface area contributed by atoms with Crippen LogP contribution in [0.2, 0.25) is 0 Å². The van der Waals surface area contributed by atoms with Crippen LogP contribution in [0.3, 0.4) is 0 Å². The Bertz CT molecular complexity index is 1020. The van der Waals surface area contributed by atoms with Crippen molar-refractivity contribution in [2.24, 2.45) is 5.10 Å². The van der Waals surface area contributed by atoms with E-state index in [1.807, 2.05) is 42.5 Å². The summed E-state index contributed by atoms with van der Waals surface area (Å²) in [6, 6.07) is 14.9. The average Bonchev–Trinajstić information content (AvgIpc) is 3.22. The minimum atomic E-state index is -0.351. The molecule has 0 atom stereocenters. The number of rotatable bonds is 10. The number of nitrogens with one attached hydrogen (secondary N) is 2. The summed E-state index contributed by atoms with van der Waals surface area (Å²) in [6.45, 7) is 3.91. The number of hydrogen-bond acceptors (Lipinski definition) is 8. The molecule has 0 fully saturated rings. The van der Waals surface area contributed by atoms with Crippen LogP contribution in [0.1, 0.15) is 16.7 Å². The molecule has 0 bridgehead atoms. The Morgan fingerprint density at radius 2 is 2.10 bits per heavy atom. The minimum Gasteiger partial charge on any atom is -0.507 e. The van der Waals surface area contributed by atoms with Crippen LogP contribution in [0.25, 0.3) is 0 Å². The van der Waals surface area contributed by atoms with Crippen LogP contribution in [0, 0.1) is 0 Å². The number of hydrazone groups is 1. The Hall–Kier alpha value is -3.59. The molecule has 0 saturated heterocycles. The van der Waals surface area contributed by atoms with Crippen molar-refractivity contribution in [3.63, 3.8) is 0 Å². The number of ether oxygens (including phenoxy) is 1. The maximum absolute atomic E-state index is 11.9. The zero-order chi connectivity index (χ0) is 21.2. The second kappa shape index (κ2) is 10.8. The van der Waals surface area contributed by atoms with Gasteiger partial charge in [0.15, 0.2) is 0 Å². The van der Waals surface area contributed by atoms with Crippen molar-refractivity contribution in [3.8, 4) is 5.75 Å². The van der Waals surface area contributed by atoms with E-state index in [0.29, 0.717) is 23.1 Å². The number of phenols is 1. The van der Waals surface area contributed by atoms with E-state index in [0.717, 1.165) is 22.9 Å². The maximum atomic E-state index is 11.9. The highest BCUT2D eigenvalue weighted by Crippen LogP contribution is 2.21. The van der Waals surface area contributed by atoms with Crippen molar-refractivity contribution in [3.05, 3.63) is 77.9 Å². The number of carbonyl (C=O) groups is 1. The van der Waals surface area contributed by atoms with Crippen LogP contribution in [-0.4, -0.2) is 38.2 Å². The van der Waals surface area contributed by atoms with E-state index in [9.17, 15) is 9.90 Å². The van der Waals surface area contributed by atoms with Crippen molar-refractivity contribution >= 4 is 29.9 Å². The Balaban J connectivity index is 1.46. The standard InChI is InChI=1S/C21H21N5O3S/c1-2-7-16-10-6-11-17(19(16)28)12-22-24-20-23-21(26-25-20)30-14-18(27)29-13-15-8-4-3-5-9-15/h2-6,8-12,28H,1,7,13-14H2,(H2,23,24,25,26)/b22-12+. The summed E-state index contributed by atoms with van der Waals surface area (Å²) >= 11 is 1.15. The zero-order valence-corrected chi connectivity index (χ0v) is 16.9. The second-order valence-electron chi connectivity index (χ2n) is 6.12. The van der Waals surface area contributed by atoms with Gasteiger partial charge in [0, 0.05) is 5.56 Å². The summed E-state index contributed by atoms with van der Waals surface area (Å²) in [7, 11) is 0. The molecule has 0 aliphatic rings. The fourth-order valence-corrected chi connectivity index (χ4v) is 3.06. The van der Waals surface area contributed by atoms with Gasteiger partial charge in [0.2, 0.25) is 11.1 Å². The number of allylic oxidation sites excluding steroid dienone is 1. The third-order valence-corrected chi connectivity index (χ3v) is 4.74. The fourth-order valence-electron chi connectivity index (χ4n) is 2.46. The highest BCUT2D eigenvalue weighted by atomic mass is 32.2. The van der Waals surface area contributed by atoms with Crippen LogP contribution in [-0.2, 0) is 22.6 Å². The first kappa shape index (κ1) is 21.1. The minimum absolute atomic E-state index is 0.0946. The van der Waals surface area contributed by atoms with Gasteiger partial charge in [-0.1, -0.05) is 60.3 Å². The molecule has 154 valence electrons. The largest absolute Gasteiger partial charge is 0.507 e. The molecule has 0 saturated carbocycles. The number of para-hydroxylation sites is 1. The van der Waals surface area contributed by atoms with E-state index in [1.54, 1.807) is 12.1 Å². The first-order valence-electron chi connectivity index (χ1n) is 9.11. The van der Waals surface area contributed by atoms with Gasteiger partial charge in [-0.15, -0.1) is 11.7 Å². The Morgan fingerprint density at radius 1 is 1.27 bits per heavy atom. The lowest BCUT2D eigenvalue weighted by molar-refractivity contribution is -0.141. The summed E-state index contributed by atoms with van der Waals surface area (Å²) in [5.41, 5.74) is 4.97. The van der Waals surface area contributed by atoms with Crippen LogP contribution in [0.4, 0.5) is 5.95 Å². The molecule has 0 unspecified atom stereocenters. The number of nitrogens with zero attached hydrogens (tertiary/aromatic N) is 3. The summed E-state index contributed by atoms with van der Waals surface area (Å²) < 4.78 is 5.21. The highest BCUT2D eigenvalue weighted by Gasteiger charge is 2.09. The van der Waals surface area contributed by atoms with E-state index in [2.05, 4.69) is 32.3 Å². The van der Waals surface area contributed by atoms with Crippen molar-refractivity contribution < 1.29 is 14.6 Å². The third kappa shape index (κ3) is 6.21. The Labute approximate surface area is 178 Å². The average molecular weight is 423 g/mol. The predicted octanol–water partition coefficient (Wildman–Crippen LogP) is 3.52. The molecule has 8 nitrogen and oxygen atoms in total. The number of esters is 1. The molecule has 30 heavy (non-hydrogen) atoms. The van der Waals surface area contributed by atoms with E-state index >= 15 is 0 Å². The number of aromatic hydroxyl groups is 1. The summed E-state index contributed by atoms with van der Waals surface area (Å²) in [4.78, 5) is 16.0. The molecule has 0 spiro atoms. The number of phenolic OH excluding ortho intramolecular Hbond substituents is 1. The summed E-state index contributed by atoms with van der Waals surface area (Å²) in [5, 5.41) is 21.3. The lowest BCUT2D eigenvalue weighted by atomic mass is 10.1. The molecule has 0 amide bonds. The molecule has 0 aliphatic carbocycles. The van der Waals surface area contributed by atoms with Crippen LogP contribution in [0.15, 0.2) is 71.4 Å². The number of hydrogen-bond donors (Lipinski definition) is 3. The number of carbonyl (C=O) groups excluding carboxylic acids is 1. The monoisotopic (exact) mass is 423 g/mol. The lowest BCUT2D eigenvalue weighted by Gasteiger charge is -2.04. The number of anilines is 1. The number of thioether (sulfide) groups is 1. The van der Waals surface area contributed by atoms with Gasteiger partial charge in [0.05, 0.1) is 12.0 Å². The van der Waals surface area contributed by atoms with E-state index in [1.165, 1.54) is 6.21 Å². The fraction of sp³-hybridized carbons (Fsp3) is 0.143.